The van der Waals surface area contributed by atoms with E-state index in [9.17, 15) is 4.39 Å². The lowest BCUT2D eigenvalue weighted by Crippen LogP contribution is -2.37. The summed E-state index contributed by atoms with van der Waals surface area (Å²) in [7, 11) is 0. The molecule has 0 aromatic carbocycles. The number of hydrogen-bond acceptors (Lipinski definition) is 2. The van der Waals surface area contributed by atoms with Crippen LogP contribution in [0.25, 0.3) is 0 Å². The summed E-state index contributed by atoms with van der Waals surface area (Å²) >= 11 is 0. The van der Waals surface area contributed by atoms with Crippen LogP contribution in [0.4, 0.5) is 4.39 Å². The minimum Gasteiger partial charge on any atom is -0.376 e. The third-order valence-corrected chi connectivity index (χ3v) is 0.876. The van der Waals surface area contributed by atoms with Crippen LogP contribution < -0.4 is 5.32 Å². The zero-order valence-corrected chi connectivity index (χ0v) is 3.98. The zero-order chi connectivity index (χ0) is 5.11. The molecule has 0 radical (unpaired) electrons. The van der Waals surface area contributed by atoms with Crippen molar-refractivity contribution < 1.29 is 9.13 Å². The highest BCUT2D eigenvalue weighted by molar-refractivity contribution is 4.56. The highest BCUT2D eigenvalue weighted by Crippen LogP contribution is 1.91. The quantitative estimate of drug-likeness (QED) is 0.434. The maximum Gasteiger partial charge on any atom is 0.174 e. The second-order valence-corrected chi connectivity index (χ2v) is 1.50. The van der Waals surface area contributed by atoms with Gasteiger partial charge in [-0.1, -0.05) is 0 Å². The van der Waals surface area contributed by atoms with Gasteiger partial charge >= 0.3 is 0 Å². The summed E-state index contributed by atoms with van der Waals surface area (Å²) < 4.78 is 16.7. The number of nitrogens with one attached hydrogen (secondary N) is 1. The summed E-state index contributed by atoms with van der Waals surface area (Å²) in [5.74, 6) is 0. The van der Waals surface area contributed by atoms with E-state index in [1.54, 1.807) is 0 Å². The van der Waals surface area contributed by atoms with Crippen LogP contribution in [0.3, 0.4) is 0 Å². The number of morpholine rings is 1. The Bertz CT molecular complexity index is 53.7. The Morgan fingerprint density at radius 1 is 1.71 bits per heavy atom. The van der Waals surface area contributed by atoms with E-state index < -0.39 is 6.30 Å². The maximum atomic E-state index is 11.9. The van der Waals surface area contributed by atoms with Gasteiger partial charge in [-0.25, -0.2) is 4.39 Å². The Kier molecular flexibility index (Phi) is 1.59. The van der Waals surface area contributed by atoms with Crippen molar-refractivity contribution in [3.63, 3.8) is 0 Å². The number of rotatable bonds is 0. The molecular weight excluding hydrogens is 97.0 g/mol. The van der Waals surface area contributed by atoms with Gasteiger partial charge in [-0.2, -0.15) is 0 Å². The predicted molar refractivity (Wildman–Crippen MR) is 23.7 cm³/mol. The fourth-order valence-electron chi connectivity index (χ4n) is 0.533. The van der Waals surface area contributed by atoms with Gasteiger partial charge in [0, 0.05) is 6.54 Å². The molecule has 0 saturated carbocycles. The summed E-state index contributed by atoms with van der Waals surface area (Å²) in [6, 6.07) is 0. The molecule has 2 nitrogen and oxygen atoms in total. The van der Waals surface area contributed by atoms with Crippen molar-refractivity contribution >= 4 is 0 Å². The van der Waals surface area contributed by atoms with Gasteiger partial charge in [0.1, 0.15) is 0 Å². The van der Waals surface area contributed by atoms with Gasteiger partial charge in [-0.15, -0.1) is 0 Å². The van der Waals surface area contributed by atoms with Gasteiger partial charge in [-0.05, 0) is 0 Å². The molecule has 1 aliphatic heterocycles. The average molecular weight is 105 g/mol. The van der Waals surface area contributed by atoms with Crippen molar-refractivity contribution in [3.8, 4) is 0 Å². The Balaban J connectivity index is 2.12. The molecule has 42 valence electrons. The van der Waals surface area contributed by atoms with Crippen molar-refractivity contribution in [1.29, 1.82) is 0 Å². The van der Waals surface area contributed by atoms with E-state index in [4.69, 9.17) is 4.74 Å². The van der Waals surface area contributed by atoms with Gasteiger partial charge in [0.05, 0.1) is 13.2 Å². The molecule has 1 aliphatic rings. The van der Waals surface area contributed by atoms with E-state index in [1.807, 2.05) is 0 Å². The molecule has 7 heavy (non-hydrogen) atoms. The minimum atomic E-state index is -0.936. The fraction of sp³-hybridized carbons (Fsp3) is 1.00. The van der Waals surface area contributed by atoms with E-state index in [0.717, 1.165) is 0 Å². The topological polar surface area (TPSA) is 21.3 Å². The van der Waals surface area contributed by atoms with E-state index in [1.165, 1.54) is 0 Å². The van der Waals surface area contributed by atoms with E-state index in [2.05, 4.69) is 5.32 Å². The molecule has 0 aromatic rings. The van der Waals surface area contributed by atoms with Crippen LogP contribution in [-0.4, -0.2) is 26.1 Å². The first-order valence-electron chi connectivity index (χ1n) is 2.35. The van der Waals surface area contributed by atoms with Crippen molar-refractivity contribution in [2.45, 2.75) is 6.30 Å². The standard InChI is InChI=1S/C4H8FNO/c5-4-3-7-2-1-6-4/h4,6H,1-3H2. The van der Waals surface area contributed by atoms with Gasteiger partial charge in [0.2, 0.25) is 0 Å². The lowest BCUT2D eigenvalue weighted by Gasteiger charge is -2.15. The molecule has 0 aliphatic carbocycles. The summed E-state index contributed by atoms with van der Waals surface area (Å²) in [6.07, 6.45) is -0.936. The zero-order valence-electron chi connectivity index (χ0n) is 3.98. The average Bonchev–Trinajstić information content (AvgIpc) is 1.69. The SMILES string of the molecule is FC1COCCN1. The molecule has 1 rings (SSSR count). The van der Waals surface area contributed by atoms with Crippen LogP contribution in [0.2, 0.25) is 0 Å². The van der Waals surface area contributed by atoms with Gasteiger partial charge < -0.3 is 4.74 Å². The molecule has 0 spiro atoms. The molecule has 0 bridgehead atoms. The monoisotopic (exact) mass is 105 g/mol. The Morgan fingerprint density at radius 2 is 2.57 bits per heavy atom. The lowest BCUT2D eigenvalue weighted by atomic mass is 10.5. The summed E-state index contributed by atoms with van der Waals surface area (Å²) in [4.78, 5) is 0. The lowest BCUT2D eigenvalue weighted by molar-refractivity contribution is 0.0286. The van der Waals surface area contributed by atoms with Crippen molar-refractivity contribution in [3.05, 3.63) is 0 Å². The summed E-state index contributed by atoms with van der Waals surface area (Å²) in [6.45, 7) is 1.49. The number of hydrogen-bond donors (Lipinski definition) is 1. The number of ether oxygens (including phenoxy) is 1. The van der Waals surface area contributed by atoms with Crippen molar-refractivity contribution in [2.24, 2.45) is 0 Å². The molecule has 1 unspecified atom stereocenters. The third-order valence-electron chi connectivity index (χ3n) is 0.876. The highest BCUT2D eigenvalue weighted by atomic mass is 19.1. The van der Waals surface area contributed by atoms with E-state index in [0.29, 0.717) is 13.2 Å². The predicted octanol–water partition coefficient (Wildman–Crippen LogP) is -0.0982. The molecule has 1 fully saturated rings. The van der Waals surface area contributed by atoms with Gasteiger partial charge in [-0.3, -0.25) is 5.32 Å². The largest absolute Gasteiger partial charge is 0.376 e. The van der Waals surface area contributed by atoms with Gasteiger partial charge in [0.25, 0.3) is 0 Å². The van der Waals surface area contributed by atoms with Crippen LogP contribution >= 0.6 is 0 Å². The molecule has 1 heterocycles. The third kappa shape index (κ3) is 1.41. The second kappa shape index (κ2) is 2.23. The van der Waals surface area contributed by atoms with Crippen molar-refractivity contribution in [2.75, 3.05) is 19.8 Å². The molecule has 1 saturated heterocycles. The molecule has 1 N–H and O–H groups in total. The first-order chi connectivity index (χ1) is 3.39. The molecular formula is C4H8FNO. The smallest absolute Gasteiger partial charge is 0.174 e. The van der Waals surface area contributed by atoms with Crippen LogP contribution in [0.5, 0.6) is 0 Å². The summed E-state index contributed by atoms with van der Waals surface area (Å²) in [5, 5.41) is 2.59. The summed E-state index contributed by atoms with van der Waals surface area (Å²) in [5.41, 5.74) is 0. The molecule has 0 aromatic heterocycles. The number of alkyl halides is 1. The highest BCUT2D eigenvalue weighted by Gasteiger charge is 2.08. The number of halogens is 1. The van der Waals surface area contributed by atoms with E-state index in [-0.39, 0.29) is 6.61 Å². The second-order valence-electron chi connectivity index (χ2n) is 1.50. The van der Waals surface area contributed by atoms with Crippen molar-refractivity contribution in [1.82, 2.24) is 5.32 Å². The Morgan fingerprint density at radius 3 is 2.86 bits per heavy atom. The van der Waals surface area contributed by atoms with Crippen LogP contribution in [0, 0.1) is 0 Å². The maximum absolute atomic E-state index is 11.9. The van der Waals surface area contributed by atoms with Crippen LogP contribution in [0.1, 0.15) is 0 Å². The minimum absolute atomic E-state index is 0.208. The van der Waals surface area contributed by atoms with Crippen LogP contribution in [0.15, 0.2) is 0 Å². The van der Waals surface area contributed by atoms with Gasteiger partial charge in [0.15, 0.2) is 6.30 Å². The normalized spacial score (nSPS) is 33.0. The van der Waals surface area contributed by atoms with E-state index >= 15 is 0 Å². The molecule has 1 atom stereocenters. The Hall–Kier alpha value is -0.150. The Labute approximate surface area is 41.7 Å². The molecule has 0 amide bonds. The van der Waals surface area contributed by atoms with Crippen LogP contribution in [-0.2, 0) is 4.74 Å². The fourth-order valence-corrected chi connectivity index (χ4v) is 0.533. The first kappa shape index (κ1) is 5.00. The first-order valence-corrected chi connectivity index (χ1v) is 2.35. The molecule has 3 heteroatoms.